The average Bonchev–Trinajstić information content (AvgIpc) is 2.96. The first kappa shape index (κ1) is 16.4. The first-order valence-corrected chi connectivity index (χ1v) is 8.88. The molecule has 3 aromatic rings. The maximum absolute atomic E-state index is 6.18. The number of nitrogens with one attached hydrogen (secondary N) is 1. The molecule has 1 aromatic heterocycles. The number of aryl methyl sites for hydroxylation is 1. The number of hydrogen-bond acceptors (Lipinski definition) is 3. The first-order chi connectivity index (χ1) is 11.1. The number of halogens is 2. The van der Waals surface area contributed by atoms with Gasteiger partial charge in [0.2, 0.25) is 5.16 Å². The lowest BCUT2D eigenvalue weighted by Gasteiger charge is -2.02. The van der Waals surface area contributed by atoms with E-state index in [0.717, 1.165) is 23.0 Å². The van der Waals surface area contributed by atoms with Crippen molar-refractivity contribution in [2.45, 2.75) is 24.3 Å². The number of H-pyrrole nitrogens is 1. The first-order valence-electron chi connectivity index (χ1n) is 7.14. The number of benzene rings is 2. The Hall–Kier alpha value is -1.49. The van der Waals surface area contributed by atoms with Crippen LogP contribution in [0, 0.1) is 6.92 Å². The Bertz CT molecular complexity index is 817. The highest BCUT2D eigenvalue weighted by Gasteiger charge is 2.08. The smallest absolute Gasteiger partial charge is 0.208 e. The van der Waals surface area contributed by atoms with Crippen molar-refractivity contribution in [3.8, 4) is 0 Å². The maximum atomic E-state index is 6.18. The van der Waals surface area contributed by atoms with E-state index in [9.17, 15) is 0 Å². The molecule has 0 amide bonds. The minimum Gasteiger partial charge on any atom is -0.262 e. The number of aromatic amines is 1. The van der Waals surface area contributed by atoms with Crippen LogP contribution in [0.15, 0.2) is 47.6 Å². The molecule has 0 unspecified atom stereocenters. The zero-order valence-corrected chi connectivity index (χ0v) is 14.8. The Kier molecular flexibility index (Phi) is 5.26. The molecule has 3 nitrogen and oxygen atoms in total. The highest BCUT2D eigenvalue weighted by atomic mass is 35.5. The predicted octanol–water partition coefficient (Wildman–Crippen LogP) is 5.30. The number of aromatic nitrogens is 3. The van der Waals surface area contributed by atoms with Crippen molar-refractivity contribution in [3.63, 3.8) is 0 Å². The second-order valence-corrected chi connectivity index (χ2v) is 6.98. The highest BCUT2D eigenvalue weighted by molar-refractivity contribution is 7.98. The third-order valence-electron chi connectivity index (χ3n) is 3.50. The Labute approximate surface area is 149 Å². The molecule has 1 N–H and O–H groups in total. The summed E-state index contributed by atoms with van der Waals surface area (Å²) in [6, 6.07) is 13.8. The molecule has 0 aliphatic carbocycles. The van der Waals surface area contributed by atoms with E-state index in [2.05, 4.69) is 34.2 Å². The fourth-order valence-corrected chi connectivity index (χ4v) is 3.57. The van der Waals surface area contributed by atoms with Crippen molar-refractivity contribution >= 4 is 35.0 Å². The van der Waals surface area contributed by atoms with E-state index in [1.165, 1.54) is 11.1 Å². The van der Waals surface area contributed by atoms with Crippen LogP contribution in [-0.2, 0) is 12.2 Å². The van der Waals surface area contributed by atoms with Gasteiger partial charge in [0.15, 0.2) is 0 Å². The summed E-state index contributed by atoms with van der Waals surface area (Å²) in [5.74, 6) is 1.57. The molecule has 0 fully saturated rings. The molecule has 0 saturated carbocycles. The van der Waals surface area contributed by atoms with Crippen molar-refractivity contribution < 1.29 is 0 Å². The fraction of sp³-hybridized carbons (Fsp3) is 0.176. The van der Waals surface area contributed by atoms with Gasteiger partial charge in [0.25, 0.3) is 0 Å². The fourth-order valence-electron chi connectivity index (χ4n) is 2.19. The van der Waals surface area contributed by atoms with Gasteiger partial charge in [0.05, 0.1) is 0 Å². The highest BCUT2D eigenvalue weighted by Crippen LogP contribution is 2.27. The van der Waals surface area contributed by atoms with Gasteiger partial charge < -0.3 is 0 Å². The van der Waals surface area contributed by atoms with Crippen molar-refractivity contribution in [3.05, 3.63) is 75.0 Å². The van der Waals surface area contributed by atoms with Crippen molar-refractivity contribution in [2.24, 2.45) is 0 Å². The third kappa shape index (κ3) is 4.28. The van der Waals surface area contributed by atoms with Crippen LogP contribution in [0.25, 0.3) is 0 Å². The Morgan fingerprint density at radius 3 is 2.70 bits per heavy atom. The molecule has 3 rings (SSSR count). The van der Waals surface area contributed by atoms with Crippen molar-refractivity contribution in [2.75, 3.05) is 0 Å². The minimum atomic E-state index is 0.641. The molecule has 0 aliphatic rings. The van der Waals surface area contributed by atoms with Gasteiger partial charge in [-0.2, -0.15) is 0 Å². The van der Waals surface area contributed by atoms with Gasteiger partial charge >= 0.3 is 0 Å². The second-order valence-electron chi connectivity index (χ2n) is 5.19. The number of thioether (sulfide) groups is 1. The van der Waals surface area contributed by atoms with Gasteiger partial charge in [-0.25, -0.2) is 4.98 Å². The van der Waals surface area contributed by atoms with Gasteiger partial charge in [-0.15, -0.1) is 5.10 Å². The number of rotatable bonds is 5. The van der Waals surface area contributed by atoms with E-state index in [4.69, 9.17) is 23.2 Å². The quantitative estimate of drug-likeness (QED) is 0.625. The van der Waals surface area contributed by atoms with Crippen LogP contribution < -0.4 is 0 Å². The van der Waals surface area contributed by atoms with E-state index in [-0.39, 0.29) is 0 Å². The molecule has 6 heteroatoms. The van der Waals surface area contributed by atoms with E-state index in [1.807, 2.05) is 24.3 Å². The van der Waals surface area contributed by atoms with Crippen LogP contribution >= 0.6 is 35.0 Å². The minimum absolute atomic E-state index is 0.641. The lowest BCUT2D eigenvalue weighted by atomic mass is 10.1. The summed E-state index contributed by atoms with van der Waals surface area (Å²) in [6.45, 7) is 2.10. The maximum Gasteiger partial charge on any atom is 0.208 e. The summed E-state index contributed by atoms with van der Waals surface area (Å²) in [4.78, 5) is 4.54. The van der Waals surface area contributed by atoms with Gasteiger partial charge in [-0.3, -0.25) is 5.10 Å². The van der Waals surface area contributed by atoms with Crippen LogP contribution in [0.1, 0.15) is 22.5 Å². The van der Waals surface area contributed by atoms with Gasteiger partial charge in [-0.05, 0) is 35.7 Å². The SMILES string of the molecule is Cc1ccccc1Cc1nc(SCc2ccc(Cl)cc2Cl)n[nH]1. The molecule has 118 valence electrons. The van der Waals surface area contributed by atoms with Gasteiger partial charge in [-0.1, -0.05) is 65.3 Å². The molecule has 0 radical (unpaired) electrons. The van der Waals surface area contributed by atoms with Crippen LogP contribution in [0.4, 0.5) is 0 Å². The van der Waals surface area contributed by atoms with Crippen LogP contribution in [0.5, 0.6) is 0 Å². The Morgan fingerprint density at radius 1 is 1.09 bits per heavy atom. The molecule has 1 heterocycles. The summed E-state index contributed by atoms with van der Waals surface area (Å²) in [5, 5.41) is 9.30. The van der Waals surface area contributed by atoms with Crippen LogP contribution in [0.3, 0.4) is 0 Å². The summed E-state index contributed by atoms with van der Waals surface area (Å²) in [5.41, 5.74) is 3.53. The van der Waals surface area contributed by atoms with Gasteiger partial charge in [0.1, 0.15) is 5.82 Å². The lowest BCUT2D eigenvalue weighted by molar-refractivity contribution is 0.953. The average molecular weight is 364 g/mol. The third-order valence-corrected chi connectivity index (χ3v) is 4.99. The molecule has 0 saturated heterocycles. The normalized spacial score (nSPS) is 10.9. The summed E-state index contributed by atoms with van der Waals surface area (Å²) < 4.78 is 0. The zero-order valence-electron chi connectivity index (χ0n) is 12.5. The van der Waals surface area contributed by atoms with Crippen LogP contribution in [0.2, 0.25) is 10.0 Å². The van der Waals surface area contributed by atoms with E-state index in [1.54, 1.807) is 17.8 Å². The summed E-state index contributed by atoms with van der Waals surface area (Å²) in [7, 11) is 0. The predicted molar refractivity (Wildman–Crippen MR) is 96.4 cm³/mol. The molecule has 23 heavy (non-hydrogen) atoms. The Morgan fingerprint density at radius 2 is 1.91 bits per heavy atom. The summed E-state index contributed by atoms with van der Waals surface area (Å²) >= 11 is 13.6. The molecule has 2 aromatic carbocycles. The molecule has 0 aliphatic heterocycles. The van der Waals surface area contributed by atoms with E-state index in [0.29, 0.717) is 15.8 Å². The summed E-state index contributed by atoms with van der Waals surface area (Å²) in [6.07, 6.45) is 0.752. The molecular weight excluding hydrogens is 349 g/mol. The van der Waals surface area contributed by atoms with Crippen LogP contribution in [-0.4, -0.2) is 15.2 Å². The number of nitrogens with zero attached hydrogens (tertiary/aromatic N) is 2. The monoisotopic (exact) mass is 363 g/mol. The topological polar surface area (TPSA) is 41.6 Å². The van der Waals surface area contributed by atoms with E-state index >= 15 is 0 Å². The van der Waals surface area contributed by atoms with Crippen molar-refractivity contribution in [1.29, 1.82) is 0 Å². The number of hydrogen-bond donors (Lipinski definition) is 1. The van der Waals surface area contributed by atoms with Gasteiger partial charge in [0, 0.05) is 22.2 Å². The van der Waals surface area contributed by atoms with E-state index < -0.39 is 0 Å². The zero-order chi connectivity index (χ0) is 16.2. The molecular formula is C17H15Cl2N3S. The molecule has 0 spiro atoms. The standard InChI is InChI=1S/C17H15Cl2N3S/c1-11-4-2-3-5-12(11)8-16-20-17(22-21-16)23-10-13-6-7-14(18)9-15(13)19/h2-7,9H,8,10H2,1H3,(H,20,21,22). The molecule has 0 bridgehead atoms. The lowest BCUT2D eigenvalue weighted by Crippen LogP contribution is -1.93. The Balaban J connectivity index is 1.64. The van der Waals surface area contributed by atoms with Crippen molar-refractivity contribution in [1.82, 2.24) is 15.2 Å². The second kappa shape index (κ2) is 7.39. The largest absolute Gasteiger partial charge is 0.262 e. The molecule has 0 atom stereocenters.